The maximum Gasteiger partial charge on any atom is 0.0861 e. The van der Waals surface area contributed by atoms with Crippen LogP contribution >= 0.6 is 0 Å². The number of hydrogen-bond acceptors (Lipinski definition) is 2. The number of aliphatic hydroxyl groups excluding tert-OH is 2. The van der Waals surface area contributed by atoms with E-state index in [4.69, 9.17) is 0 Å². The van der Waals surface area contributed by atoms with Crippen LogP contribution in [0.15, 0.2) is 24.3 Å². The van der Waals surface area contributed by atoms with Crippen molar-refractivity contribution in [1.29, 1.82) is 0 Å². The lowest BCUT2D eigenvalue weighted by atomic mass is 9.54. The van der Waals surface area contributed by atoms with Gasteiger partial charge in [0.05, 0.1) is 12.2 Å². The third-order valence-electron chi connectivity index (χ3n) is 5.05. The van der Waals surface area contributed by atoms with E-state index in [-0.39, 0.29) is 5.41 Å². The molecular formula is C15H24O2. The molecule has 0 aromatic rings. The largest absolute Gasteiger partial charge is 0.390 e. The van der Waals surface area contributed by atoms with E-state index in [0.717, 1.165) is 24.8 Å². The monoisotopic (exact) mass is 236 g/mol. The van der Waals surface area contributed by atoms with E-state index in [9.17, 15) is 10.2 Å². The smallest absolute Gasteiger partial charge is 0.0861 e. The maximum absolute atomic E-state index is 10.3. The summed E-state index contributed by atoms with van der Waals surface area (Å²) >= 11 is 0. The molecule has 0 heterocycles. The van der Waals surface area contributed by atoms with Crippen LogP contribution in [0.5, 0.6) is 0 Å². The van der Waals surface area contributed by atoms with Crippen molar-refractivity contribution in [2.45, 2.75) is 51.7 Å². The highest BCUT2D eigenvalue weighted by atomic mass is 16.3. The van der Waals surface area contributed by atoms with Gasteiger partial charge in [-0.2, -0.15) is 0 Å². The van der Waals surface area contributed by atoms with Crippen molar-refractivity contribution in [3.8, 4) is 0 Å². The quantitative estimate of drug-likeness (QED) is 0.687. The van der Waals surface area contributed by atoms with Gasteiger partial charge in [-0.1, -0.05) is 31.2 Å². The van der Waals surface area contributed by atoms with Crippen LogP contribution in [0.3, 0.4) is 0 Å². The van der Waals surface area contributed by atoms with Crippen molar-refractivity contribution in [3.63, 3.8) is 0 Å². The molecular weight excluding hydrogens is 212 g/mol. The fraction of sp³-hybridized carbons (Fsp3) is 0.733. The molecule has 0 aromatic carbocycles. The van der Waals surface area contributed by atoms with E-state index in [1.807, 2.05) is 0 Å². The molecule has 2 heteroatoms. The second-order valence-corrected chi connectivity index (χ2v) is 6.25. The zero-order chi connectivity index (χ0) is 12.8. The number of rotatable bonds is 1. The number of fused-ring (bicyclic) bond motifs is 1. The van der Waals surface area contributed by atoms with Gasteiger partial charge < -0.3 is 10.2 Å². The normalized spacial score (nSPS) is 46.5. The fourth-order valence-electron chi connectivity index (χ4n) is 3.73. The number of hydrogen-bond donors (Lipinski definition) is 2. The van der Waals surface area contributed by atoms with Crippen LogP contribution in [0.4, 0.5) is 0 Å². The van der Waals surface area contributed by atoms with Crippen LogP contribution in [0.2, 0.25) is 0 Å². The van der Waals surface area contributed by atoms with Gasteiger partial charge in [0.2, 0.25) is 0 Å². The minimum absolute atomic E-state index is 0.194. The van der Waals surface area contributed by atoms with Crippen LogP contribution in [0.25, 0.3) is 0 Å². The van der Waals surface area contributed by atoms with Gasteiger partial charge in [0.25, 0.3) is 0 Å². The molecule has 0 aliphatic heterocycles. The Bertz CT molecular complexity index is 347. The lowest BCUT2D eigenvalue weighted by Crippen LogP contribution is -2.53. The van der Waals surface area contributed by atoms with Crippen LogP contribution in [-0.4, -0.2) is 22.4 Å². The van der Waals surface area contributed by atoms with Crippen molar-refractivity contribution >= 4 is 0 Å². The molecule has 5 atom stereocenters. The van der Waals surface area contributed by atoms with Crippen molar-refractivity contribution in [2.75, 3.05) is 0 Å². The maximum atomic E-state index is 10.3. The Morgan fingerprint density at radius 1 is 1.41 bits per heavy atom. The molecule has 0 saturated heterocycles. The Morgan fingerprint density at radius 2 is 2.06 bits per heavy atom. The minimum Gasteiger partial charge on any atom is -0.390 e. The van der Waals surface area contributed by atoms with Crippen LogP contribution in [0.1, 0.15) is 39.5 Å². The van der Waals surface area contributed by atoms with Crippen molar-refractivity contribution in [2.24, 2.45) is 17.3 Å². The first-order chi connectivity index (χ1) is 7.86. The van der Waals surface area contributed by atoms with E-state index in [1.54, 1.807) is 0 Å². The van der Waals surface area contributed by atoms with E-state index in [2.05, 4.69) is 27.0 Å². The van der Waals surface area contributed by atoms with Crippen molar-refractivity contribution in [3.05, 3.63) is 24.3 Å². The Kier molecular flexibility index (Phi) is 3.21. The predicted octanol–water partition coefficient (Wildman–Crippen LogP) is 2.67. The molecule has 0 unspecified atom stereocenters. The summed E-state index contributed by atoms with van der Waals surface area (Å²) in [4.78, 5) is 0. The van der Waals surface area contributed by atoms with Crippen LogP contribution < -0.4 is 0 Å². The first kappa shape index (κ1) is 12.8. The summed E-state index contributed by atoms with van der Waals surface area (Å²) in [7, 11) is 0. The SMILES string of the molecule is C=C(C)[C@@H]1CC[C@@]2(C)[C@H](O)[C@@H](O)CC(=C)[C@@H]2C1. The highest BCUT2D eigenvalue weighted by molar-refractivity contribution is 5.19. The van der Waals surface area contributed by atoms with Gasteiger partial charge in [-0.25, -0.2) is 0 Å². The van der Waals surface area contributed by atoms with Crippen LogP contribution in [0, 0.1) is 17.3 Å². The molecule has 2 fully saturated rings. The summed E-state index contributed by atoms with van der Waals surface area (Å²) in [5.74, 6) is 0.878. The van der Waals surface area contributed by atoms with Crippen LogP contribution in [-0.2, 0) is 0 Å². The molecule has 2 aliphatic rings. The van der Waals surface area contributed by atoms with Gasteiger partial charge in [0, 0.05) is 5.41 Å². The Balaban J connectivity index is 2.25. The first-order valence-electron chi connectivity index (χ1n) is 6.55. The van der Waals surface area contributed by atoms with Gasteiger partial charge in [-0.3, -0.25) is 0 Å². The summed E-state index contributed by atoms with van der Waals surface area (Å²) in [5, 5.41) is 20.2. The molecule has 96 valence electrons. The number of aliphatic hydroxyl groups is 2. The van der Waals surface area contributed by atoms with Gasteiger partial charge in [-0.15, -0.1) is 0 Å². The summed E-state index contributed by atoms with van der Waals surface area (Å²) in [6.45, 7) is 12.4. The van der Waals surface area contributed by atoms with E-state index < -0.39 is 12.2 Å². The third-order valence-corrected chi connectivity index (χ3v) is 5.05. The van der Waals surface area contributed by atoms with Crippen molar-refractivity contribution < 1.29 is 10.2 Å². The summed E-state index contributed by atoms with van der Waals surface area (Å²) in [6, 6.07) is 0. The molecule has 17 heavy (non-hydrogen) atoms. The average Bonchev–Trinajstić information content (AvgIpc) is 2.26. The van der Waals surface area contributed by atoms with Gasteiger partial charge >= 0.3 is 0 Å². The van der Waals surface area contributed by atoms with Crippen molar-refractivity contribution in [1.82, 2.24) is 0 Å². The summed E-state index contributed by atoms with van der Waals surface area (Å²) in [5.41, 5.74) is 2.15. The Labute approximate surface area is 104 Å². The summed E-state index contributed by atoms with van der Waals surface area (Å²) in [6.07, 6.45) is 2.36. The predicted molar refractivity (Wildman–Crippen MR) is 69.5 cm³/mol. The molecule has 0 spiro atoms. The van der Waals surface area contributed by atoms with Gasteiger partial charge in [0.15, 0.2) is 0 Å². The highest BCUT2D eigenvalue weighted by Crippen LogP contribution is 2.54. The molecule has 2 rings (SSSR count). The Hall–Kier alpha value is -0.600. The Morgan fingerprint density at radius 3 is 2.65 bits per heavy atom. The standard InChI is InChI=1S/C15H24O2/c1-9(2)11-5-6-15(4)12(8-11)10(3)7-13(16)14(15)17/h11-14,16-17H,1,3,5-8H2,2,4H3/t11-,12+,13+,14-,15-/m1/s1. The molecule has 2 saturated carbocycles. The molecule has 2 aliphatic carbocycles. The number of allylic oxidation sites excluding steroid dienone is 1. The topological polar surface area (TPSA) is 40.5 Å². The lowest BCUT2D eigenvalue weighted by molar-refractivity contribution is -0.115. The second kappa shape index (κ2) is 4.25. The average molecular weight is 236 g/mol. The minimum atomic E-state index is -0.634. The molecule has 2 nitrogen and oxygen atoms in total. The zero-order valence-electron chi connectivity index (χ0n) is 10.9. The second-order valence-electron chi connectivity index (χ2n) is 6.25. The highest BCUT2D eigenvalue weighted by Gasteiger charge is 2.51. The van der Waals surface area contributed by atoms with Gasteiger partial charge in [-0.05, 0) is 44.4 Å². The first-order valence-corrected chi connectivity index (χ1v) is 6.55. The van der Waals surface area contributed by atoms with Gasteiger partial charge in [0.1, 0.15) is 0 Å². The molecule has 0 aromatic heterocycles. The van der Waals surface area contributed by atoms with E-state index in [1.165, 1.54) is 5.57 Å². The molecule has 0 bridgehead atoms. The third kappa shape index (κ3) is 1.98. The zero-order valence-corrected chi connectivity index (χ0v) is 10.9. The lowest BCUT2D eigenvalue weighted by Gasteiger charge is -2.53. The molecule has 0 amide bonds. The van der Waals surface area contributed by atoms with E-state index in [0.29, 0.717) is 18.3 Å². The molecule has 0 radical (unpaired) electrons. The fourth-order valence-corrected chi connectivity index (χ4v) is 3.73. The van der Waals surface area contributed by atoms with E-state index >= 15 is 0 Å². The molecule has 2 N–H and O–H groups in total. The summed E-state index contributed by atoms with van der Waals surface area (Å²) < 4.78 is 0.